The summed E-state index contributed by atoms with van der Waals surface area (Å²) in [6.07, 6.45) is 109. The third-order valence-electron chi connectivity index (χ3n) is 15.9. The van der Waals surface area contributed by atoms with Crippen LogP contribution in [0.4, 0.5) is 0 Å². The van der Waals surface area contributed by atoms with Gasteiger partial charge in [-0.2, -0.15) is 0 Å². The van der Waals surface area contributed by atoms with Crippen LogP contribution in [0.25, 0.3) is 0 Å². The molecule has 0 heterocycles. The highest BCUT2D eigenvalue weighted by atomic mass is 16.5. The predicted molar refractivity (Wildman–Crippen MR) is 420 cm³/mol. The minimum Gasteiger partial charge on any atom is -0.379 e. The monoisotopic (exact) mass is 1290 g/mol. The Morgan fingerprint density at radius 3 is 0.652 bits per heavy atom. The van der Waals surface area contributed by atoms with Gasteiger partial charge in [0.05, 0.1) is 24.4 Å². The molecule has 4 nitrogen and oxygen atoms in total. The summed E-state index contributed by atoms with van der Waals surface area (Å²) in [5.74, 6) is 0. The summed E-state index contributed by atoms with van der Waals surface area (Å²) in [7, 11) is 0. The molecule has 0 aliphatic heterocycles. The molecule has 0 saturated carbocycles. The van der Waals surface area contributed by atoms with Gasteiger partial charge in [-0.25, -0.2) is 0 Å². The van der Waals surface area contributed by atoms with Gasteiger partial charge in [0.25, 0.3) is 0 Å². The molecule has 92 heavy (non-hydrogen) atoms. The average molecular weight is 1290 g/mol. The molecule has 0 N–H and O–H groups in total. The van der Waals surface area contributed by atoms with Crippen molar-refractivity contribution in [2.75, 3.05) is 26.4 Å². The zero-order valence-corrected chi connectivity index (χ0v) is 64.5. The van der Waals surface area contributed by atoms with E-state index in [9.17, 15) is 0 Å². The highest BCUT2D eigenvalue weighted by molar-refractivity contribution is 5.11. The van der Waals surface area contributed by atoms with Crippen molar-refractivity contribution in [2.24, 2.45) is 0 Å². The minimum atomic E-state index is 0.382. The third-order valence-corrected chi connectivity index (χ3v) is 15.9. The van der Waals surface area contributed by atoms with Gasteiger partial charge in [0.1, 0.15) is 0 Å². The quantitative estimate of drug-likeness (QED) is 0.0345. The number of hydrogen-bond acceptors (Lipinski definition) is 4. The van der Waals surface area contributed by atoms with E-state index in [-0.39, 0.29) is 0 Å². The van der Waals surface area contributed by atoms with Crippen LogP contribution in [-0.2, 0) is 18.9 Å². The van der Waals surface area contributed by atoms with Crippen LogP contribution >= 0.6 is 0 Å². The first-order valence-corrected chi connectivity index (χ1v) is 40.4. The van der Waals surface area contributed by atoms with E-state index in [1.807, 2.05) is 0 Å². The van der Waals surface area contributed by atoms with E-state index in [4.69, 9.17) is 18.9 Å². The maximum absolute atomic E-state index is 5.57. The molecule has 0 unspecified atom stereocenters. The van der Waals surface area contributed by atoms with Gasteiger partial charge >= 0.3 is 0 Å². The topological polar surface area (TPSA) is 36.9 Å². The van der Waals surface area contributed by atoms with Crippen molar-refractivity contribution in [3.8, 4) is 0 Å². The Balaban J connectivity index is -0.000000563. The number of allylic oxidation sites excluding steroid dienone is 18. The van der Waals surface area contributed by atoms with E-state index in [0.717, 1.165) is 52.1 Å². The molecule has 0 aromatic rings. The standard InChI is InChI=1S/C25H50O.C21H40O.2C21H38O/c1-4-5-6-7-8-9-10-11-12-13-14-15-16-17-18-19-20-21-22-23-24-26-25(2)3;3*1-4-5-6-7-8-9-10-11-12-13-14-15-16-17-18-19-20-22-21(2)3/h15-16,25H,4-14,17-24H2,1-3H3;8-9,11-12,21H,4-7,10,13-20H2,1-3H3;7-12,21H,4-6,13-20H2,1-3H3;5-6,8-9,11-12,21H,4,7,10,13-20H2,1-3H3/b16-15-;9-8-,12-11-;8-7+,10-9+,12-11-;6-5-,9-8-,12-11-. The first-order valence-electron chi connectivity index (χ1n) is 40.4. The molecule has 0 aromatic carbocycles. The van der Waals surface area contributed by atoms with E-state index in [1.54, 1.807) is 0 Å². The van der Waals surface area contributed by atoms with Crippen molar-refractivity contribution < 1.29 is 18.9 Å². The van der Waals surface area contributed by atoms with Crippen LogP contribution in [0.3, 0.4) is 0 Å². The van der Waals surface area contributed by atoms with Crippen LogP contribution in [-0.4, -0.2) is 50.8 Å². The largest absolute Gasteiger partial charge is 0.379 e. The summed E-state index contributed by atoms with van der Waals surface area (Å²) in [6.45, 7) is 29.6. The summed E-state index contributed by atoms with van der Waals surface area (Å²) < 4.78 is 22.2. The van der Waals surface area contributed by atoms with Gasteiger partial charge < -0.3 is 18.9 Å². The van der Waals surface area contributed by atoms with Crippen molar-refractivity contribution in [1.82, 2.24) is 0 Å². The Bertz CT molecular complexity index is 1550. The van der Waals surface area contributed by atoms with Crippen molar-refractivity contribution in [1.29, 1.82) is 0 Å². The average Bonchev–Trinajstić information content (AvgIpc) is 3.54. The second-order valence-electron chi connectivity index (χ2n) is 27.1. The van der Waals surface area contributed by atoms with E-state index >= 15 is 0 Å². The first-order chi connectivity index (χ1) is 45.1. The first kappa shape index (κ1) is 95.9. The number of unbranched alkanes of at least 4 members (excludes halogenated alkanes) is 39. The molecule has 542 valence electrons. The number of hydrogen-bond donors (Lipinski definition) is 0. The van der Waals surface area contributed by atoms with Crippen molar-refractivity contribution in [2.45, 2.75) is 429 Å². The normalized spacial score (nSPS) is 12.3. The van der Waals surface area contributed by atoms with Gasteiger partial charge in [-0.1, -0.05) is 323 Å². The summed E-state index contributed by atoms with van der Waals surface area (Å²) in [5, 5.41) is 0. The Hall–Kier alpha value is -2.50. The van der Waals surface area contributed by atoms with Crippen molar-refractivity contribution >= 4 is 0 Å². The molecule has 0 aliphatic carbocycles. The van der Waals surface area contributed by atoms with Crippen LogP contribution in [0.2, 0.25) is 0 Å². The van der Waals surface area contributed by atoms with Gasteiger partial charge in [-0.15, -0.1) is 0 Å². The molecule has 0 bridgehead atoms. The molecule has 0 amide bonds. The van der Waals surface area contributed by atoms with E-state index in [2.05, 4.69) is 192 Å². The Morgan fingerprint density at radius 1 is 0.185 bits per heavy atom. The van der Waals surface area contributed by atoms with Gasteiger partial charge in [-0.05, 0) is 190 Å². The third kappa shape index (κ3) is 109. The molecule has 0 atom stereocenters. The van der Waals surface area contributed by atoms with Crippen LogP contribution in [0.5, 0.6) is 0 Å². The lowest BCUT2D eigenvalue weighted by Gasteiger charge is -2.06. The lowest BCUT2D eigenvalue weighted by molar-refractivity contribution is 0.0754. The van der Waals surface area contributed by atoms with Gasteiger partial charge in [0, 0.05) is 26.4 Å². The van der Waals surface area contributed by atoms with E-state index in [0.29, 0.717) is 24.4 Å². The fourth-order valence-electron chi connectivity index (χ4n) is 10.2. The second kappa shape index (κ2) is 92.7. The highest BCUT2D eigenvalue weighted by Crippen LogP contribution is 2.15. The van der Waals surface area contributed by atoms with E-state index < -0.39 is 0 Å². The Labute approximate surface area is 580 Å². The zero-order valence-electron chi connectivity index (χ0n) is 64.5. The fourth-order valence-corrected chi connectivity index (χ4v) is 10.2. The van der Waals surface area contributed by atoms with Gasteiger partial charge in [0.15, 0.2) is 0 Å². The molecule has 0 spiro atoms. The molecule has 0 saturated heterocycles. The number of ether oxygens (including phenoxy) is 4. The van der Waals surface area contributed by atoms with Crippen LogP contribution in [0.1, 0.15) is 404 Å². The maximum Gasteiger partial charge on any atom is 0.0518 e. The van der Waals surface area contributed by atoms with Gasteiger partial charge in [-0.3, -0.25) is 0 Å². The predicted octanol–water partition coefficient (Wildman–Crippen LogP) is 30.2. The number of rotatable bonds is 67. The van der Waals surface area contributed by atoms with Crippen LogP contribution < -0.4 is 0 Å². The van der Waals surface area contributed by atoms with Gasteiger partial charge in [0.2, 0.25) is 0 Å². The highest BCUT2D eigenvalue weighted by Gasteiger charge is 1.99. The maximum atomic E-state index is 5.57. The molecule has 0 radical (unpaired) electrons. The summed E-state index contributed by atoms with van der Waals surface area (Å²) in [6, 6.07) is 0. The molecular formula is C88H166O4. The Morgan fingerprint density at radius 2 is 0.380 bits per heavy atom. The van der Waals surface area contributed by atoms with Crippen LogP contribution in [0, 0.1) is 0 Å². The molecule has 4 heteroatoms. The molecule has 0 aliphatic rings. The zero-order chi connectivity index (χ0) is 68.0. The Kier molecular flexibility index (Phi) is 96.6. The van der Waals surface area contributed by atoms with Crippen LogP contribution in [0.15, 0.2) is 109 Å². The van der Waals surface area contributed by atoms with Crippen molar-refractivity contribution in [3.05, 3.63) is 109 Å². The lowest BCUT2D eigenvalue weighted by Crippen LogP contribution is -2.03. The summed E-state index contributed by atoms with van der Waals surface area (Å²) >= 11 is 0. The smallest absolute Gasteiger partial charge is 0.0518 e. The summed E-state index contributed by atoms with van der Waals surface area (Å²) in [4.78, 5) is 0. The molecular weight excluding hydrogens is 1120 g/mol. The van der Waals surface area contributed by atoms with E-state index in [1.165, 1.54) is 295 Å². The molecule has 0 aromatic heterocycles. The molecule has 0 fully saturated rings. The fraction of sp³-hybridized carbons (Fsp3) is 0.795. The van der Waals surface area contributed by atoms with Crippen molar-refractivity contribution in [3.63, 3.8) is 0 Å². The summed E-state index contributed by atoms with van der Waals surface area (Å²) in [5.41, 5.74) is 0. The molecule has 0 rings (SSSR count). The SMILES string of the molecule is CC/C=C\C/C=C\C/C=C\CCCCCCCCOC(C)C.CCCC/C=C/C=C/C=C\CCCCCCCCOC(C)C.CCCCC/C=C\C/C=C\CCCCCCCCOC(C)C.CCCCCCCCCCCC/C=C\CCCCCCCCOC(C)C. The minimum absolute atomic E-state index is 0.382. The second-order valence-corrected chi connectivity index (χ2v) is 27.1. The lowest BCUT2D eigenvalue weighted by atomic mass is 10.1.